The molecular formula is C17H16N6OS. The van der Waals surface area contributed by atoms with E-state index < -0.39 is 0 Å². The molecule has 0 radical (unpaired) electrons. The lowest BCUT2D eigenvalue weighted by atomic mass is 9.97. The Morgan fingerprint density at radius 3 is 3.12 bits per heavy atom. The van der Waals surface area contributed by atoms with E-state index in [1.54, 1.807) is 0 Å². The smallest absolute Gasteiger partial charge is 0.274 e. The summed E-state index contributed by atoms with van der Waals surface area (Å²) >= 11 is 1.53. The third kappa shape index (κ3) is 2.41. The van der Waals surface area contributed by atoms with Gasteiger partial charge in [-0.3, -0.25) is 13.6 Å². The van der Waals surface area contributed by atoms with Crippen molar-refractivity contribution in [3.63, 3.8) is 0 Å². The molecule has 1 aliphatic rings. The van der Waals surface area contributed by atoms with E-state index in [4.69, 9.17) is 0 Å². The lowest BCUT2D eigenvalue weighted by Gasteiger charge is -2.31. The van der Waals surface area contributed by atoms with E-state index in [0.717, 1.165) is 35.8 Å². The van der Waals surface area contributed by atoms with Gasteiger partial charge in [0.1, 0.15) is 11.5 Å². The van der Waals surface area contributed by atoms with Gasteiger partial charge >= 0.3 is 0 Å². The molecule has 5 rings (SSSR count). The van der Waals surface area contributed by atoms with Crippen molar-refractivity contribution in [3.8, 4) is 0 Å². The minimum Gasteiger partial charge on any atom is -0.337 e. The number of nitrogens with zero attached hydrogens (tertiary/aromatic N) is 6. The summed E-state index contributed by atoms with van der Waals surface area (Å²) in [6, 6.07) is 5.87. The quantitative estimate of drug-likeness (QED) is 0.556. The van der Waals surface area contributed by atoms with E-state index in [2.05, 4.69) is 15.2 Å². The van der Waals surface area contributed by atoms with Crippen molar-refractivity contribution in [2.45, 2.75) is 18.8 Å². The second-order valence-electron chi connectivity index (χ2n) is 6.30. The largest absolute Gasteiger partial charge is 0.337 e. The van der Waals surface area contributed by atoms with Crippen molar-refractivity contribution >= 4 is 27.9 Å². The molecule has 0 spiro atoms. The number of imidazole rings is 1. The highest BCUT2D eigenvalue weighted by molar-refractivity contribution is 7.15. The number of amides is 1. The molecule has 1 fully saturated rings. The molecule has 25 heavy (non-hydrogen) atoms. The van der Waals surface area contributed by atoms with E-state index in [1.807, 2.05) is 55.9 Å². The Hall–Kier alpha value is -2.74. The summed E-state index contributed by atoms with van der Waals surface area (Å²) < 4.78 is 3.91. The van der Waals surface area contributed by atoms with Crippen molar-refractivity contribution in [2.75, 3.05) is 13.1 Å². The molecule has 0 N–H and O–H groups in total. The third-order valence-electron chi connectivity index (χ3n) is 4.73. The molecule has 0 saturated carbocycles. The van der Waals surface area contributed by atoms with Crippen LogP contribution in [0.5, 0.6) is 0 Å². The van der Waals surface area contributed by atoms with Crippen molar-refractivity contribution in [3.05, 3.63) is 53.7 Å². The zero-order valence-corrected chi connectivity index (χ0v) is 14.3. The summed E-state index contributed by atoms with van der Waals surface area (Å²) in [7, 11) is 0. The lowest BCUT2D eigenvalue weighted by molar-refractivity contribution is 0.0699. The second-order valence-corrected chi connectivity index (χ2v) is 7.17. The predicted molar refractivity (Wildman–Crippen MR) is 93.9 cm³/mol. The van der Waals surface area contributed by atoms with Gasteiger partial charge in [0.15, 0.2) is 10.6 Å². The van der Waals surface area contributed by atoms with E-state index in [0.29, 0.717) is 12.2 Å². The number of rotatable bonds is 2. The average Bonchev–Trinajstić information content (AvgIpc) is 3.35. The minimum atomic E-state index is -0.00517. The van der Waals surface area contributed by atoms with Crippen molar-refractivity contribution < 1.29 is 4.79 Å². The van der Waals surface area contributed by atoms with E-state index in [-0.39, 0.29) is 11.8 Å². The fraction of sp³-hybridized carbons (Fsp3) is 0.294. The number of fused-ring (bicyclic) bond motifs is 2. The van der Waals surface area contributed by atoms with Crippen LogP contribution in [0.2, 0.25) is 0 Å². The Kier molecular flexibility index (Phi) is 3.30. The molecule has 0 unspecified atom stereocenters. The van der Waals surface area contributed by atoms with Gasteiger partial charge in [-0.1, -0.05) is 6.07 Å². The van der Waals surface area contributed by atoms with E-state index in [9.17, 15) is 4.79 Å². The van der Waals surface area contributed by atoms with E-state index >= 15 is 0 Å². The number of piperidine rings is 1. The highest BCUT2D eigenvalue weighted by Gasteiger charge is 2.29. The molecule has 5 heterocycles. The summed E-state index contributed by atoms with van der Waals surface area (Å²) in [5, 5.41) is 10.6. The second kappa shape index (κ2) is 5.66. The normalized spacial score (nSPS) is 18.2. The predicted octanol–water partition coefficient (Wildman–Crippen LogP) is 2.46. The molecule has 0 aromatic carbocycles. The van der Waals surface area contributed by atoms with Gasteiger partial charge in [0, 0.05) is 43.0 Å². The third-order valence-corrected chi connectivity index (χ3v) is 5.50. The van der Waals surface area contributed by atoms with Crippen LogP contribution in [0.1, 0.15) is 35.1 Å². The maximum Gasteiger partial charge on any atom is 0.274 e. The maximum atomic E-state index is 12.9. The summed E-state index contributed by atoms with van der Waals surface area (Å²) in [5.74, 6) is 1.12. The molecule has 1 amide bonds. The molecule has 1 aliphatic heterocycles. The molecule has 8 heteroatoms. The first-order valence-electron chi connectivity index (χ1n) is 8.31. The summed E-state index contributed by atoms with van der Waals surface area (Å²) in [6.07, 6.45) is 7.68. The van der Waals surface area contributed by atoms with Crippen LogP contribution in [-0.4, -0.2) is 47.9 Å². The topological polar surface area (TPSA) is 67.8 Å². The number of hydrogen-bond acceptors (Lipinski definition) is 5. The molecule has 4 aromatic heterocycles. The molecule has 0 aliphatic carbocycles. The summed E-state index contributed by atoms with van der Waals surface area (Å²) in [4.78, 5) is 20.0. The maximum absolute atomic E-state index is 12.9. The number of likely N-dealkylation sites (tertiary alicyclic amines) is 1. The zero-order valence-electron chi connectivity index (χ0n) is 13.4. The van der Waals surface area contributed by atoms with Crippen LogP contribution >= 0.6 is 11.3 Å². The van der Waals surface area contributed by atoms with Gasteiger partial charge in [0.05, 0.1) is 0 Å². The van der Waals surface area contributed by atoms with Gasteiger partial charge in [-0.25, -0.2) is 4.98 Å². The van der Waals surface area contributed by atoms with Crippen molar-refractivity contribution in [1.29, 1.82) is 0 Å². The van der Waals surface area contributed by atoms with Crippen molar-refractivity contribution in [1.82, 2.24) is 28.9 Å². The van der Waals surface area contributed by atoms with Gasteiger partial charge < -0.3 is 4.90 Å². The minimum absolute atomic E-state index is 0.00517. The highest BCUT2D eigenvalue weighted by Crippen LogP contribution is 2.27. The molecule has 1 saturated heterocycles. The van der Waals surface area contributed by atoms with Crippen LogP contribution in [-0.2, 0) is 0 Å². The average molecular weight is 352 g/mol. The summed E-state index contributed by atoms with van der Waals surface area (Å²) in [6.45, 7) is 1.41. The monoisotopic (exact) mass is 352 g/mol. The first kappa shape index (κ1) is 14.6. The number of carbonyl (C=O) groups is 1. The van der Waals surface area contributed by atoms with Gasteiger partial charge in [0.25, 0.3) is 5.91 Å². The van der Waals surface area contributed by atoms with Gasteiger partial charge in [-0.15, -0.1) is 21.5 Å². The number of carbonyl (C=O) groups excluding carboxylic acids is 1. The summed E-state index contributed by atoms with van der Waals surface area (Å²) in [5.41, 5.74) is 1.36. The van der Waals surface area contributed by atoms with Crippen LogP contribution in [0.25, 0.3) is 10.6 Å². The molecular weight excluding hydrogens is 336 g/mol. The Bertz CT molecular complexity index is 1030. The van der Waals surface area contributed by atoms with Gasteiger partial charge in [-0.2, -0.15) is 0 Å². The Morgan fingerprint density at radius 1 is 1.24 bits per heavy atom. The molecule has 0 bridgehead atoms. The number of thiazole rings is 1. The Balaban J connectivity index is 1.42. The molecule has 7 nitrogen and oxygen atoms in total. The van der Waals surface area contributed by atoms with Crippen LogP contribution in [0.3, 0.4) is 0 Å². The van der Waals surface area contributed by atoms with Crippen molar-refractivity contribution in [2.24, 2.45) is 0 Å². The number of hydrogen-bond donors (Lipinski definition) is 0. The van der Waals surface area contributed by atoms with Crippen LogP contribution in [0.15, 0.2) is 42.2 Å². The SMILES string of the molecule is O=C(c1cn2ccsc2n1)N1CCC[C@H](c2nnc3ccccn23)C1. The fourth-order valence-corrected chi connectivity index (χ4v) is 4.20. The highest BCUT2D eigenvalue weighted by atomic mass is 32.1. The zero-order chi connectivity index (χ0) is 16.8. The first-order valence-corrected chi connectivity index (χ1v) is 9.19. The first-order chi connectivity index (χ1) is 12.3. The lowest BCUT2D eigenvalue weighted by Crippen LogP contribution is -2.39. The Labute approximate surface area is 147 Å². The van der Waals surface area contributed by atoms with Crippen LogP contribution in [0.4, 0.5) is 0 Å². The molecule has 126 valence electrons. The van der Waals surface area contributed by atoms with Crippen LogP contribution in [0, 0.1) is 0 Å². The molecule has 4 aromatic rings. The van der Waals surface area contributed by atoms with E-state index in [1.165, 1.54) is 11.3 Å². The fourth-order valence-electron chi connectivity index (χ4n) is 3.50. The standard InChI is InChI=1S/C17H16N6OS/c24-16(13-11-22-8-9-25-17(22)18-13)21-6-3-4-12(10-21)15-20-19-14-5-1-2-7-23(14)15/h1-2,5,7-9,11-12H,3-4,6,10H2/t12-/m0/s1. The van der Waals surface area contributed by atoms with Gasteiger partial charge in [-0.05, 0) is 25.0 Å². The number of pyridine rings is 1. The number of aromatic nitrogens is 5. The van der Waals surface area contributed by atoms with Crippen LogP contribution < -0.4 is 0 Å². The van der Waals surface area contributed by atoms with Gasteiger partial charge in [0.2, 0.25) is 0 Å². The molecule has 1 atom stereocenters. The Morgan fingerprint density at radius 2 is 2.20 bits per heavy atom.